The summed E-state index contributed by atoms with van der Waals surface area (Å²) >= 11 is 0. The Bertz CT molecular complexity index is 1180. The van der Waals surface area contributed by atoms with Crippen LogP contribution < -0.4 is 0 Å². The van der Waals surface area contributed by atoms with Gasteiger partial charge in [-0.25, -0.2) is 0 Å². The van der Waals surface area contributed by atoms with Gasteiger partial charge in [0.15, 0.2) is 12.4 Å². The number of esters is 2. The Morgan fingerprint density at radius 1 is 0.484 bits per heavy atom. The van der Waals surface area contributed by atoms with Crippen LogP contribution >= 0.6 is 0 Å². The summed E-state index contributed by atoms with van der Waals surface area (Å²) in [6.07, 6.45) is 47.0. The number of aliphatic hydroxyl groups is 4. The molecule has 4 N–H and O–H groups in total. The molecule has 0 aliphatic carbocycles. The van der Waals surface area contributed by atoms with Crippen molar-refractivity contribution in [3.63, 3.8) is 0 Å². The molecular weight excluding hydrogens is 809 g/mol. The van der Waals surface area contributed by atoms with E-state index in [4.69, 9.17) is 18.9 Å². The highest BCUT2D eigenvalue weighted by Crippen LogP contribution is 2.23. The van der Waals surface area contributed by atoms with Crippen molar-refractivity contribution in [1.29, 1.82) is 0 Å². The molecule has 6 atom stereocenters. The van der Waals surface area contributed by atoms with Gasteiger partial charge in [0.25, 0.3) is 0 Å². The molecule has 372 valence electrons. The largest absolute Gasteiger partial charge is 0.462 e. The minimum absolute atomic E-state index is 0.200. The zero-order chi connectivity index (χ0) is 46.6. The van der Waals surface area contributed by atoms with Crippen LogP contribution in [-0.4, -0.2) is 89.0 Å². The maximum absolute atomic E-state index is 12.8. The first-order chi connectivity index (χ1) is 31.3. The summed E-state index contributed by atoms with van der Waals surface area (Å²) in [5.41, 5.74) is 0. The van der Waals surface area contributed by atoms with E-state index in [2.05, 4.69) is 62.5 Å². The molecule has 0 aromatic heterocycles. The van der Waals surface area contributed by atoms with E-state index in [0.717, 1.165) is 44.9 Å². The van der Waals surface area contributed by atoms with Crippen molar-refractivity contribution in [1.82, 2.24) is 0 Å². The number of ether oxygens (including phenoxy) is 4. The second kappa shape index (κ2) is 44.5. The average Bonchev–Trinajstić information content (AvgIpc) is 3.29. The minimum atomic E-state index is -1.60. The number of carbonyl (C=O) groups is 2. The minimum Gasteiger partial charge on any atom is -0.462 e. The Labute approximate surface area is 390 Å². The lowest BCUT2D eigenvalue weighted by molar-refractivity contribution is -0.305. The third-order valence-electron chi connectivity index (χ3n) is 12.0. The van der Waals surface area contributed by atoms with Crippen LogP contribution in [0.4, 0.5) is 0 Å². The summed E-state index contributed by atoms with van der Waals surface area (Å²) in [6, 6.07) is 0. The molecule has 0 saturated carbocycles. The molecule has 1 saturated heterocycles. The standard InChI is InChI=1S/C54H96O10/c1-3-5-7-9-11-13-15-17-19-21-23-24-25-27-28-30-32-34-36-38-40-42-49(56)61-45-47(46-62-54-53(60)52(59)51(58)48(44-55)64-54)63-50(57)43-41-39-37-35-33-31-29-26-22-20-18-16-14-12-10-8-6-4-2/h19,21,24-25,28,30,34,36,47-48,51-55,58-60H,3-18,20,22-23,26-27,29,31-33,35,37-46H2,1-2H3/b21-19+,25-24+,30-28+,36-34+/t47-,48-,51+,52?,53?,54-/m0/s1. The van der Waals surface area contributed by atoms with E-state index < -0.39 is 55.4 Å². The van der Waals surface area contributed by atoms with Crippen LogP contribution in [0.15, 0.2) is 48.6 Å². The molecule has 0 radical (unpaired) electrons. The van der Waals surface area contributed by atoms with Crippen molar-refractivity contribution in [3.05, 3.63) is 48.6 Å². The van der Waals surface area contributed by atoms with Crippen LogP contribution in [-0.2, 0) is 28.5 Å². The number of unbranched alkanes of at least 4 members (excludes halogenated alkanes) is 25. The van der Waals surface area contributed by atoms with Crippen LogP contribution in [0.3, 0.4) is 0 Å². The molecule has 64 heavy (non-hydrogen) atoms. The highest BCUT2D eigenvalue weighted by Gasteiger charge is 2.44. The first-order valence-corrected chi connectivity index (χ1v) is 26.2. The molecule has 0 amide bonds. The lowest BCUT2D eigenvalue weighted by Gasteiger charge is -2.39. The molecule has 2 unspecified atom stereocenters. The van der Waals surface area contributed by atoms with Gasteiger partial charge in [0, 0.05) is 12.8 Å². The van der Waals surface area contributed by atoms with Gasteiger partial charge in [-0.05, 0) is 51.4 Å². The smallest absolute Gasteiger partial charge is 0.306 e. The Morgan fingerprint density at radius 2 is 0.891 bits per heavy atom. The van der Waals surface area contributed by atoms with Crippen molar-refractivity contribution in [3.8, 4) is 0 Å². The summed E-state index contributed by atoms with van der Waals surface area (Å²) in [7, 11) is 0. The predicted molar refractivity (Wildman–Crippen MR) is 261 cm³/mol. The first kappa shape index (κ1) is 59.7. The molecule has 0 aromatic rings. The molecule has 1 aliphatic rings. The fourth-order valence-electron chi connectivity index (χ4n) is 7.83. The van der Waals surface area contributed by atoms with Gasteiger partial charge in [-0.15, -0.1) is 0 Å². The molecule has 10 heteroatoms. The van der Waals surface area contributed by atoms with Crippen molar-refractivity contribution >= 4 is 11.9 Å². The number of allylic oxidation sites excluding steroid dienone is 8. The second-order valence-electron chi connectivity index (χ2n) is 18.0. The van der Waals surface area contributed by atoms with Gasteiger partial charge in [0.2, 0.25) is 0 Å². The topological polar surface area (TPSA) is 152 Å². The summed E-state index contributed by atoms with van der Waals surface area (Å²) in [5.74, 6) is -0.864. The maximum Gasteiger partial charge on any atom is 0.306 e. The summed E-state index contributed by atoms with van der Waals surface area (Å²) in [6.45, 7) is 3.40. The van der Waals surface area contributed by atoms with Crippen molar-refractivity contribution < 1.29 is 49.0 Å². The summed E-state index contributed by atoms with van der Waals surface area (Å²) in [4.78, 5) is 25.4. The van der Waals surface area contributed by atoms with Gasteiger partial charge in [-0.1, -0.05) is 210 Å². The van der Waals surface area contributed by atoms with Crippen LogP contribution in [0.2, 0.25) is 0 Å². The Morgan fingerprint density at radius 3 is 1.36 bits per heavy atom. The van der Waals surface area contributed by atoms with Crippen molar-refractivity contribution in [2.45, 2.75) is 263 Å². The Kier molecular flexibility index (Phi) is 41.5. The molecular formula is C54H96O10. The van der Waals surface area contributed by atoms with E-state index in [1.807, 2.05) is 0 Å². The number of rotatable bonds is 44. The monoisotopic (exact) mass is 905 g/mol. The lowest BCUT2D eigenvalue weighted by atomic mass is 9.99. The van der Waals surface area contributed by atoms with Crippen molar-refractivity contribution in [2.75, 3.05) is 19.8 Å². The zero-order valence-corrected chi connectivity index (χ0v) is 40.8. The fraction of sp³-hybridized carbons (Fsp3) is 0.815. The molecule has 1 heterocycles. The summed E-state index contributed by atoms with van der Waals surface area (Å²) in [5, 5.41) is 40.2. The van der Waals surface area contributed by atoms with Gasteiger partial charge in [-0.2, -0.15) is 0 Å². The molecule has 1 aliphatic heterocycles. The van der Waals surface area contributed by atoms with Gasteiger partial charge in [0.05, 0.1) is 13.2 Å². The van der Waals surface area contributed by atoms with E-state index >= 15 is 0 Å². The number of hydrogen-bond acceptors (Lipinski definition) is 10. The SMILES string of the molecule is CCCCCCCCC/C=C/C/C=C/C/C=C/C/C=C/CCCC(=O)OC[C@@H](CO[C@H]1O[C@@H](CO)[C@@H](O)C(O)C1O)OC(=O)CCCCCCCCCCCCCCCCCCCC. The van der Waals surface area contributed by atoms with E-state index in [9.17, 15) is 30.0 Å². The van der Waals surface area contributed by atoms with Gasteiger partial charge < -0.3 is 39.4 Å². The van der Waals surface area contributed by atoms with Gasteiger partial charge in [-0.3, -0.25) is 9.59 Å². The Hall–Kier alpha value is -2.34. The highest BCUT2D eigenvalue weighted by molar-refractivity contribution is 5.70. The number of carbonyl (C=O) groups excluding carboxylic acids is 2. The van der Waals surface area contributed by atoms with Crippen molar-refractivity contribution in [2.24, 2.45) is 0 Å². The second-order valence-corrected chi connectivity index (χ2v) is 18.0. The molecule has 0 spiro atoms. The van der Waals surface area contributed by atoms with Gasteiger partial charge >= 0.3 is 11.9 Å². The van der Waals surface area contributed by atoms with Gasteiger partial charge in [0.1, 0.15) is 31.0 Å². The van der Waals surface area contributed by atoms with Crippen LogP contribution in [0.1, 0.15) is 226 Å². The highest BCUT2D eigenvalue weighted by atomic mass is 16.7. The molecule has 0 bridgehead atoms. The number of aliphatic hydroxyl groups excluding tert-OH is 4. The Balaban J connectivity index is 2.30. The summed E-state index contributed by atoms with van der Waals surface area (Å²) < 4.78 is 22.2. The van der Waals surface area contributed by atoms with Crippen LogP contribution in [0, 0.1) is 0 Å². The maximum atomic E-state index is 12.8. The quantitative estimate of drug-likeness (QED) is 0.0264. The fourth-order valence-corrected chi connectivity index (χ4v) is 7.83. The first-order valence-electron chi connectivity index (χ1n) is 26.2. The molecule has 1 rings (SSSR count). The third-order valence-corrected chi connectivity index (χ3v) is 12.0. The zero-order valence-electron chi connectivity index (χ0n) is 40.8. The normalized spacial score (nSPS) is 19.8. The lowest BCUT2D eigenvalue weighted by Crippen LogP contribution is -2.59. The van der Waals surface area contributed by atoms with E-state index in [-0.39, 0.29) is 26.1 Å². The average molecular weight is 905 g/mol. The number of hydrogen-bond donors (Lipinski definition) is 4. The molecule has 10 nitrogen and oxygen atoms in total. The van der Waals surface area contributed by atoms with Crippen LogP contribution in [0.25, 0.3) is 0 Å². The predicted octanol–water partition coefficient (Wildman–Crippen LogP) is 12.4. The van der Waals surface area contributed by atoms with E-state index in [1.54, 1.807) is 0 Å². The molecule has 1 fully saturated rings. The van der Waals surface area contributed by atoms with E-state index in [1.165, 1.54) is 141 Å². The van der Waals surface area contributed by atoms with Crippen LogP contribution in [0.5, 0.6) is 0 Å². The van der Waals surface area contributed by atoms with E-state index in [0.29, 0.717) is 12.8 Å². The third kappa shape index (κ3) is 34.9. The molecule has 0 aromatic carbocycles.